The van der Waals surface area contributed by atoms with Crippen LogP contribution in [0.3, 0.4) is 0 Å². The minimum atomic E-state index is -1.08. The number of aromatic nitrogens is 4. The van der Waals surface area contributed by atoms with Crippen molar-refractivity contribution in [2.75, 3.05) is 18.1 Å². The average molecular weight is 436 g/mol. The van der Waals surface area contributed by atoms with Crippen LogP contribution in [0, 0.1) is 6.92 Å². The summed E-state index contributed by atoms with van der Waals surface area (Å²) in [5.41, 5.74) is 3.42. The second-order valence-electron chi connectivity index (χ2n) is 7.38. The molecule has 1 aromatic carbocycles. The standard InChI is InChI=1S/C21H20N6O3S/c1-13-6-7-14(19-24-21(30-25-19)16-8-10-27(16)31(2)29)11-15(13)23-20(28)17-12-22-18-5-3-4-9-26(17)18/h3-7,9,11-12,16H,8,10H2,1-2H3,(H,23,28). The van der Waals surface area contributed by atoms with Crippen molar-refractivity contribution in [1.82, 2.24) is 23.8 Å². The predicted octanol–water partition coefficient (Wildman–Crippen LogP) is 2.99. The monoisotopic (exact) mass is 436 g/mol. The highest BCUT2D eigenvalue weighted by molar-refractivity contribution is 7.88. The maximum atomic E-state index is 12.9. The number of carbonyl (C=O) groups is 1. The SMILES string of the molecule is Cc1ccc(-c2noc(C3CCN3[S+](C)[O-])n2)cc1NC(=O)c1cnc2ccccn12. The molecule has 1 N–H and O–H groups in total. The number of benzene rings is 1. The third kappa shape index (κ3) is 3.58. The van der Waals surface area contributed by atoms with Crippen LogP contribution in [0.5, 0.6) is 0 Å². The van der Waals surface area contributed by atoms with E-state index in [4.69, 9.17) is 4.52 Å². The van der Waals surface area contributed by atoms with E-state index in [1.807, 2.05) is 47.6 Å². The number of nitrogens with zero attached hydrogens (tertiary/aromatic N) is 5. The lowest BCUT2D eigenvalue weighted by Crippen LogP contribution is -2.44. The van der Waals surface area contributed by atoms with Crippen LogP contribution in [-0.2, 0) is 11.4 Å². The van der Waals surface area contributed by atoms with Gasteiger partial charge in [-0.05, 0) is 37.1 Å². The van der Waals surface area contributed by atoms with Gasteiger partial charge in [0.05, 0.1) is 6.20 Å². The van der Waals surface area contributed by atoms with Crippen LogP contribution in [-0.4, -0.2) is 47.1 Å². The molecule has 3 aromatic heterocycles. The molecule has 1 amide bonds. The lowest BCUT2D eigenvalue weighted by Gasteiger charge is -2.35. The lowest BCUT2D eigenvalue weighted by atomic mass is 10.1. The molecule has 1 fully saturated rings. The second-order valence-corrected chi connectivity index (χ2v) is 8.70. The van der Waals surface area contributed by atoms with Gasteiger partial charge < -0.3 is 14.4 Å². The van der Waals surface area contributed by atoms with Gasteiger partial charge in [-0.1, -0.05) is 23.4 Å². The lowest BCUT2D eigenvalue weighted by molar-refractivity contribution is 0.102. The minimum Gasteiger partial charge on any atom is -0.598 e. The molecule has 1 aliphatic rings. The molecule has 4 aromatic rings. The summed E-state index contributed by atoms with van der Waals surface area (Å²) in [5, 5.41) is 7.04. The minimum absolute atomic E-state index is 0.119. The number of carbonyl (C=O) groups excluding carboxylic acids is 1. The van der Waals surface area contributed by atoms with Gasteiger partial charge in [0.2, 0.25) is 11.7 Å². The number of pyridine rings is 1. The van der Waals surface area contributed by atoms with Crippen molar-refractivity contribution in [2.24, 2.45) is 0 Å². The van der Waals surface area contributed by atoms with Crippen LogP contribution in [0.4, 0.5) is 5.69 Å². The molecule has 1 saturated heterocycles. The first-order valence-electron chi connectivity index (χ1n) is 9.79. The number of amides is 1. The Labute approximate surface area is 181 Å². The zero-order chi connectivity index (χ0) is 21.5. The van der Waals surface area contributed by atoms with Crippen LogP contribution in [0.1, 0.15) is 34.4 Å². The van der Waals surface area contributed by atoms with Crippen LogP contribution >= 0.6 is 0 Å². The molecule has 0 aliphatic carbocycles. The van der Waals surface area contributed by atoms with Gasteiger partial charge in [0.1, 0.15) is 23.6 Å². The zero-order valence-electron chi connectivity index (χ0n) is 17.0. The molecule has 5 rings (SSSR count). The van der Waals surface area contributed by atoms with E-state index in [-0.39, 0.29) is 11.9 Å². The normalized spacial score (nSPS) is 17.5. The van der Waals surface area contributed by atoms with Crippen molar-refractivity contribution in [3.05, 3.63) is 65.9 Å². The summed E-state index contributed by atoms with van der Waals surface area (Å²) >= 11 is -1.08. The number of fused-ring (bicyclic) bond motifs is 1. The van der Waals surface area contributed by atoms with Crippen molar-refractivity contribution in [3.8, 4) is 11.4 Å². The van der Waals surface area contributed by atoms with Crippen molar-refractivity contribution < 1.29 is 13.9 Å². The summed E-state index contributed by atoms with van der Waals surface area (Å²) in [7, 11) is 0. The topological polar surface area (TPSA) is 112 Å². The summed E-state index contributed by atoms with van der Waals surface area (Å²) in [5.74, 6) is 0.616. The van der Waals surface area contributed by atoms with Gasteiger partial charge in [0, 0.05) is 35.4 Å². The highest BCUT2D eigenvalue weighted by Crippen LogP contribution is 2.35. The molecule has 4 heterocycles. The van der Waals surface area contributed by atoms with E-state index in [1.54, 1.807) is 23.1 Å². The fourth-order valence-corrected chi connectivity index (χ4v) is 4.50. The fourth-order valence-electron chi connectivity index (χ4n) is 3.59. The summed E-state index contributed by atoms with van der Waals surface area (Å²) in [6, 6.07) is 11.0. The second kappa shape index (κ2) is 7.80. The van der Waals surface area contributed by atoms with Crippen LogP contribution in [0.25, 0.3) is 17.0 Å². The van der Waals surface area contributed by atoms with Crippen LogP contribution < -0.4 is 5.32 Å². The highest BCUT2D eigenvalue weighted by atomic mass is 32.2. The summed E-state index contributed by atoms with van der Waals surface area (Å²) < 4.78 is 20.7. The van der Waals surface area contributed by atoms with Gasteiger partial charge >= 0.3 is 0 Å². The van der Waals surface area contributed by atoms with E-state index in [2.05, 4.69) is 20.4 Å². The Kier molecular flexibility index (Phi) is 4.97. The summed E-state index contributed by atoms with van der Waals surface area (Å²) in [4.78, 5) is 21.6. The molecule has 10 heteroatoms. The first-order chi connectivity index (χ1) is 15.0. The van der Waals surface area contributed by atoms with E-state index in [1.165, 1.54) is 0 Å². The smallest absolute Gasteiger partial charge is 0.274 e. The van der Waals surface area contributed by atoms with E-state index < -0.39 is 11.4 Å². The molecule has 1 aliphatic heterocycles. The van der Waals surface area contributed by atoms with Crippen molar-refractivity contribution in [2.45, 2.75) is 19.4 Å². The zero-order valence-corrected chi connectivity index (χ0v) is 17.8. The number of imidazole rings is 1. The molecule has 0 saturated carbocycles. The number of hydrogen-bond acceptors (Lipinski definition) is 7. The van der Waals surface area contributed by atoms with E-state index in [9.17, 15) is 9.35 Å². The molecule has 0 bridgehead atoms. The maximum Gasteiger partial charge on any atom is 0.274 e. The van der Waals surface area contributed by atoms with Crippen molar-refractivity contribution in [3.63, 3.8) is 0 Å². The molecule has 158 valence electrons. The number of hydrogen-bond donors (Lipinski definition) is 1. The molecule has 0 radical (unpaired) electrons. The molecular weight excluding hydrogens is 416 g/mol. The van der Waals surface area contributed by atoms with Crippen molar-refractivity contribution in [1.29, 1.82) is 0 Å². The third-order valence-corrected chi connectivity index (χ3v) is 6.52. The van der Waals surface area contributed by atoms with E-state index in [0.29, 0.717) is 28.7 Å². The van der Waals surface area contributed by atoms with E-state index in [0.717, 1.165) is 24.1 Å². The fraction of sp³-hybridized carbons (Fsp3) is 0.238. The summed E-state index contributed by atoms with van der Waals surface area (Å²) in [6.07, 6.45) is 5.82. The quantitative estimate of drug-likeness (QED) is 0.479. The summed E-state index contributed by atoms with van der Waals surface area (Å²) in [6.45, 7) is 2.66. The molecule has 0 spiro atoms. The van der Waals surface area contributed by atoms with Gasteiger partial charge in [-0.3, -0.25) is 9.20 Å². The first-order valence-corrected chi connectivity index (χ1v) is 11.3. The third-order valence-electron chi connectivity index (χ3n) is 5.42. The maximum absolute atomic E-state index is 12.9. The number of nitrogens with one attached hydrogen (secondary N) is 1. The van der Waals surface area contributed by atoms with Gasteiger partial charge in [-0.2, -0.15) is 4.98 Å². The van der Waals surface area contributed by atoms with Gasteiger partial charge in [-0.15, -0.1) is 4.31 Å². The number of anilines is 1. The Morgan fingerprint density at radius 3 is 2.97 bits per heavy atom. The molecule has 2 unspecified atom stereocenters. The Balaban J connectivity index is 1.39. The Bertz CT molecular complexity index is 1270. The van der Waals surface area contributed by atoms with E-state index >= 15 is 0 Å². The van der Waals surface area contributed by atoms with Crippen molar-refractivity contribution >= 4 is 28.6 Å². The Morgan fingerprint density at radius 1 is 1.32 bits per heavy atom. The molecule has 2 atom stereocenters. The Morgan fingerprint density at radius 2 is 2.19 bits per heavy atom. The van der Waals surface area contributed by atoms with Gasteiger partial charge in [-0.25, -0.2) is 4.98 Å². The average Bonchev–Trinajstić information content (AvgIpc) is 3.36. The largest absolute Gasteiger partial charge is 0.598 e. The molecular formula is C21H20N6O3S. The Hall–Kier alpha value is -3.21. The molecule has 31 heavy (non-hydrogen) atoms. The predicted molar refractivity (Wildman–Crippen MR) is 116 cm³/mol. The first kappa shape index (κ1) is 19.7. The number of aryl methyl sites for hydroxylation is 1. The molecule has 9 nitrogen and oxygen atoms in total. The number of rotatable bonds is 5. The van der Waals surface area contributed by atoms with Gasteiger partial charge in [0.15, 0.2) is 0 Å². The highest BCUT2D eigenvalue weighted by Gasteiger charge is 2.40. The van der Waals surface area contributed by atoms with Crippen LogP contribution in [0.15, 0.2) is 53.3 Å². The van der Waals surface area contributed by atoms with Gasteiger partial charge in [0.25, 0.3) is 5.91 Å². The van der Waals surface area contributed by atoms with Crippen LogP contribution in [0.2, 0.25) is 0 Å².